The summed E-state index contributed by atoms with van der Waals surface area (Å²) in [6.07, 6.45) is 1.97. The lowest BCUT2D eigenvalue weighted by Crippen LogP contribution is -2.26. The van der Waals surface area contributed by atoms with Crippen LogP contribution in [-0.4, -0.2) is 12.6 Å². The molecule has 0 saturated heterocycles. The molecule has 0 heterocycles. The van der Waals surface area contributed by atoms with Gasteiger partial charge in [-0.25, -0.2) is 4.39 Å². The minimum atomic E-state index is -0.470. The smallest absolute Gasteiger partial charge is 0.140 e. The summed E-state index contributed by atoms with van der Waals surface area (Å²) >= 11 is 0. The summed E-state index contributed by atoms with van der Waals surface area (Å²) in [5, 5.41) is 12.0. The third kappa shape index (κ3) is 3.69. The van der Waals surface area contributed by atoms with Crippen molar-refractivity contribution in [3.63, 3.8) is 0 Å². The molecule has 1 unspecified atom stereocenters. The van der Waals surface area contributed by atoms with Crippen LogP contribution in [0.25, 0.3) is 6.08 Å². The minimum Gasteiger partial charge on any atom is -0.311 e. The van der Waals surface area contributed by atoms with Crippen LogP contribution >= 0.6 is 0 Å². The second kappa shape index (κ2) is 6.17. The molecule has 2 nitrogen and oxygen atoms in total. The van der Waals surface area contributed by atoms with Gasteiger partial charge in [0, 0.05) is 6.04 Å². The lowest BCUT2D eigenvalue weighted by atomic mass is 10.0. The maximum Gasteiger partial charge on any atom is 0.140 e. The van der Waals surface area contributed by atoms with Crippen LogP contribution in [0.4, 0.5) is 4.39 Å². The minimum absolute atomic E-state index is 0.0858. The number of halogens is 1. The van der Waals surface area contributed by atoms with Gasteiger partial charge in [-0.3, -0.25) is 0 Å². The van der Waals surface area contributed by atoms with Crippen LogP contribution in [0, 0.1) is 17.1 Å². The van der Waals surface area contributed by atoms with Gasteiger partial charge < -0.3 is 5.32 Å². The molecular weight excluding hydrogens is 215 g/mol. The molecule has 0 aliphatic carbocycles. The predicted molar refractivity (Wildman–Crippen MR) is 67.9 cm³/mol. The van der Waals surface area contributed by atoms with E-state index in [-0.39, 0.29) is 11.6 Å². The number of hydrogen-bond acceptors (Lipinski definition) is 2. The fourth-order valence-corrected chi connectivity index (χ4v) is 1.57. The number of nitriles is 1. The normalized spacial score (nSPS) is 13.2. The largest absolute Gasteiger partial charge is 0.311 e. The zero-order valence-electron chi connectivity index (χ0n) is 10.4. The van der Waals surface area contributed by atoms with Crippen molar-refractivity contribution in [1.82, 2.24) is 5.32 Å². The molecule has 1 N–H and O–H groups in total. The summed E-state index contributed by atoms with van der Waals surface area (Å²) in [6.45, 7) is 7.04. The molecule has 0 spiro atoms. The van der Waals surface area contributed by atoms with E-state index >= 15 is 0 Å². The third-order valence-electron chi connectivity index (χ3n) is 2.70. The molecule has 1 aromatic carbocycles. The Hall–Kier alpha value is -1.66. The first-order chi connectivity index (χ1) is 8.08. The van der Waals surface area contributed by atoms with E-state index in [2.05, 4.69) is 19.2 Å². The second-order valence-electron chi connectivity index (χ2n) is 4.02. The van der Waals surface area contributed by atoms with E-state index < -0.39 is 5.82 Å². The van der Waals surface area contributed by atoms with Crippen molar-refractivity contribution in [2.24, 2.45) is 0 Å². The van der Waals surface area contributed by atoms with Crippen LogP contribution in [0.1, 0.15) is 31.9 Å². The second-order valence-corrected chi connectivity index (χ2v) is 4.02. The fourth-order valence-electron chi connectivity index (χ4n) is 1.57. The maximum atomic E-state index is 13.1. The van der Waals surface area contributed by atoms with Crippen molar-refractivity contribution < 1.29 is 4.39 Å². The van der Waals surface area contributed by atoms with Gasteiger partial charge in [-0.1, -0.05) is 24.6 Å². The highest BCUT2D eigenvalue weighted by Gasteiger charge is 2.04. The molecule has 0 aliphatic rings. The van der Waals surface area contributed by atoms with Gasteiger partial charge in [0.25, 0.3) is 0 Å². The third-order valence-corrected chi connectivity index (χ3v) is 2.70. The molecule has 1 atom stereocenters. The first-order valence-electron chi connectivity index (χ1n) is 5.69. The molecule has 1 aromatic rings. The van der Waals surface area contributed by atoms with E-state index in [1.807, 2.05) is 19.1 Å². The van der Waals surface area contributed by atoms with E-state index in [1.54, 1.807) is 12.1 Å². The average Bonchev–Trinajstić information content (AvgIpc) is 2.31. The van der Waals surface area contributed by atoms with Crippen molar-refractivity contribution in [1.29, 1.82) is 5.26 Å². The Bertz CT molecular complexity index is 458. The molecule has 90 valence electrons. The van der Waals surface area contributed by atoms with Gasteiger partial charge in [0.1, 0.15) is 11.9 Å². The molecule has 0 fully saturated rings. The lowest BCUT2D eigenvalue weighted by molar-refractivity contribution is 0.623. The van der Waals surface area contributed by atoms with Gasteiger partial charge in [-0.15, -0.1) is 0 Å². The van der Waals surface area contributed by atoms with E-state index in [0.717, 1.165) is 17.7 Å². The Labute approximate surface area is 102 Å². The molecule has 0 saturated carbocycles. The van der Waals surface area contributed by atoms with Crippen LogP contribution in [0.15, 0.2) is 23.8 Å². The summed E-state index contributed by atoms with van der Waals surface area (Å²) in [7, 11) is 0. The predicted octanol–water partition coefficient (Wildman–Crippen LogP) is 3.10. The number of nitrogens with zero attached hydrogens (tertiary/aromatic N) is 1. The quantitative estimate of drug-likeness (QED) is 0.865. The number of nitrogens with one attached hydrogen (secondary N) is 1. The van der Waals surface area contributed by atoms with Crippen LogP contribution in [0.3, 0.4) is 0 Å². The van der Waals surface area contributed by atoms with E-state index in [0.29, 0.717) is 0 Å². The monoisotopic (exact) mass is 232 g/mol. The Kier molecular flexibility index (Phi) is 4.86. The van der Waals surface area contributed by atoms with Crippen molar-refractivity contribution in [2.45, 2.75) is 26.8 Å². The van der Waals surface area contributed by atoms with Gasteiger partial charge in [-0.2, -0.15) is 5.26 Å². The van der Waals surface area contributed by atoms with Crippen molar-refractivity contribution >= 4 is 6.08 Å². The summed E-state index contributed by atoms with van der Waals surface area (Å²) in [6, 6.07) is 6.69. The number of hydrogen-bond donors (Lipinski definition) is 1. The molecule has 0 amide bonds. The summed E-state index contributed by atoms with van der Waals surface area (Å²) in [5.41, 5.74) is 2.09. The summed E-state index contributed by atoms with van der Waals surface area (Å²) in [5.74, 6) is -0.470. The highest BCUT2D eigenvalue weighted by molar-refractivity contribution is 5.56. The molecule has 0 bridgehead atoms. The summed E-state index contributed by atoms with van der Waals surface area (Å²) in [4.78, 5) is 0. The molecule has 0 radical (unpaired) electrons. The van der Waals surface area contributed by atoms with Crippen LogP contribution in [0.5, 0.6) is 0 Å². The SMILES string of the molecule is CCNC(C)/C(C)=C/c1ccc(F)c(C#N)c1. The van der Waals surface area contributed by atoms with Crippen LogP contribution < -0.4 is 5.32 Å². The Morgan fingerprint density at radius 2 is 2.29 bits per heavy atom. The molecule has 3 heteroatoms. The van der Waals surface area contributed by atoms with E-state index in [9.17, 15) is 4.39 Å². The van der Waals surface area contributed by atoms with Gasteiger partial charge in [0.2, 0.25) is 0 Å². The van der Waals surface area contributed by atoms with Crippen LogP contribution in [-0.2, 0) is 0 Å². The van der Waals surface area contributed by atoms with Crippen LogP contribution in [0.2, 0.25) is 0 Å². The molecule has 0 aromatic heterocycles. The zero-order chi connectivity index (χ0) is 12.8. The first kappa shape index (κ1) is 13.4. The summed E-state index contributed by atoms with van der Waals surface area (Å²) < 4.78 is 13.1. The van der Waals surface area contributed by atoms with E-state index in [4.69, 9.17) is 5.26 Å². The standard InChI is InChI=1S/C14H17FN2/c1-4-17-11(3)10(2)7-12-5-6-14(15)13(8-12)9-16/h5-8,11,17H,4H2,1-3H3/b10-7+. The van der Waals surface area contributed by atoms with Crippen molar-refractivity contribution in [3.05, 3.63) is 40.7 Å². The average molecular weight is 232 g/mol. The van der Waals surface area contributed by atoms with Crippen molar-refractivity contribution in [2.75, 3.05) is 6.54 Å². The lowest BCUT2D eigenvalue weighted by Gasteiger charge is -2.13. The maximum absolute atomic E-state index is 13.1. The topological polar surface area (TPSA) is 35.8 Å². The molecule has 0 aliphatic heterocycles. The Morgan fingerprint density at radius 1 is 1.59 bits per heavy atom. The van der Waals surface area contributed by atoms with E-state index in [1.165, 1.54) is 6.07 Å². The highest BCUT2D eigenvalue weighted by Crippen LogP contribution is 2.14. The van der Waals surface area contributed by atoms with Gasteiger partial charge in [0.05, 0.1) is 5.56 Å². The van der Waals surface area contributed by atoms with Gasteiger partial charge in [-0.05, 0) is 38.1 Å². The molecule has 17 heavy (non-hydrogen) atoms. The van der Waals surface area contributed by atoms with Crippen molar-refractivity contribution in [3.8, 4) is 6.07 Å². The highest BCUT2D eigenvalue weighted by atomic mass is 19.1. The molecule has 1 rings (SSSR count). The Balaban J connectivity index is 2.95. The Morgan fingerprint density at radius 3 is 2.88 bits per heavy atom. The zero-order valence-corrected chi connectivity index (χ0v) is 10.4. The fraction of sp³-hybridized carbons (Fsp3) is 0.357. The molecular formula is C14H17FN2. The van der Waals surface area contributed by atoms with Gasteiger partial charge in [0.15, 0.2) is 0 Å². The number of likely N-dealkylation sites (N-methyl/N-ethyl adjacent to an activating group) is 1. The first-order valence-corrected chi connectivity index (χ1v) is 5.69. The number of rotatable bonds is 4. The van der Waals surface area contributed by atoms with Gasteiger partial charge >= 0.3 is 0 Å². The number of benzene rings is 1.